The summed E-state index contributed by atoms with van der Waals surface area (Å²) in [6.45, 7) is 4.35. The molecule has 0 aromatic heterocycles. The van der Waals surface area contributed by atoms with Crippen molar-refractivity contribution in [3.8, 4) is 6.07 Å². The average molecular weight is 443 g/mol. The molecule has 2 aliphatic heterocycles. The summed E-state index contributed by atoms with van der Waals surface area (Å²) < 4.78 is 40.2. The van der Waals surface area contributed by atoms with E-state index in [1.54, 1.807) is 24.3 Å². The molecule has 1 N–H and O–H groups in total. The highest BCUT2D eigenvalue weighted by Crippen LogP contribution is 2.46. The third-order valence-electron chi connectivity index (χ3n) is 6.83. The van der Waals surface area contributed by atoms with Crippen molar-refractivity contribution in [3.05, 3.63) is 59.2 Å². The first-order valence-corrected chi connectivity index (χ1v) is 10.6. The summed E-state index contributed by atoms with van der Waals surface area (Å²) in [5.41, 5.74) is 0.531. The average Bonchev–Trinajstić information content (AvgIpc) is 3.08. The molecule has 2 aromatic rings. The van der Waals surface area contributed by atoms with Crippen molar-refractivity contribution in [1.29, 1.82) is 5.26 Å². The number of hydrogen-bond donors (Lipinski definition) is 1. The number of rotatable bonds is 3. The van der Waals surface area contributed by atoms with Crippen molar-refractivity contribution in [2.75, 3.05) is 29.4 Å². The lowest BCUT2D eigenvalue weighted by atomic mass is 9.76. The van der Waals surface area contributed by atoms with Crippen molar-refractivity contribution >= 4 is 17.3 Å². The Kier molecular flexibility index (Phi) is 5.53. The van der Waals surface area contributed by atoms with Gasteiger partial charge in [0.05, 0.1) is 22.8 Å². The second-order valence-corrected chi connectivity index (χ2v) is 8.86. The summed E-state index contributed by atoms with van der Waals surface area (Å²) in [5, 5.41) is 18.1. The molecular formula is C24H24F3N3O2. The van der Waals surface area contributed by atoms with Crippen molar-refractivity contribution in [3.63, 3.8) is 0 Å². The Morgan fingerprint density at radius 1 is 1.12 bits per heavy atom. The monoisotopic (exact) mass is 443 g/mol. The largest absolute Gasteiger partial charge is 0.478 e. The van der Waals surface area contributed by atoms with E-state index in [1.807, 2.05) is 24.0 Å². The van der Waals surface area contributed by atoms with Crippen LogP contribution < -0.4 is 9.80 Å². The van der Waals surface area contributed by atoms with E-state index in [9.17, 15) is 18.0 Å². The fraction of sp³-hybridized carbons (Fsp3) is 0.417. The number of carboxylic acids is 1. The van der Waals surface area contributed by atoms with Gasteiger partial charge in [-0.3, -0.25) is 0 Å². The van der Waals surface area contributed by atoms with Crippen molar-refractivity contribution in [2.45, 2.75) is 38.4 Å². The van der Waals surface area contributed by atoms with Crippen LogP contribution in [-0.2, 0) is 6.18 Å². The van der Waals surface area contributed by atoms with E-state index in [1.165, 1.54) is 6.07 Å². The highest BCUT2D eigenvalue weighted by Gasteiger charge is 2.44. The molecule has 2 fully saturated rings. The first-order chi connectivity index (χ1) is 15.1. The van der Waals surface area contributed by atoms with Crippen LogP contribution >= 0.6 is 0 Å². The number of halogens is 3. The lowest BCUT2D eigenvalue weighted by molar-refractivity contribution is -0.137. The Balaban J connectivity index is 1.48. The fourth-order valence-electron chi connectivity index (χ4n) is 5.12. The molecule has 2 saturated heterocycles. The summed E-state index contributed by atoms with van der Waals surface area (Å²) in [6.07, 6.45) is -1.84. The number of piperidine rings is 1. The normalized spacial score (nSPS) is 20.4. The molecule has 0 amide bonds. The molecule has 168 valence electrons. The van der Waals surface area contributed by atoms with Gasteiger partial charge in [0.15, 0.2) is 0 Å². The van der Waals surface area contributed by atoms with Crippen LogP contribution in [0.5, 0.6) is 0 Å². The number of aromatic carboxylic acids is 1. The number of alkyl halides is 3. The van der Waals surface area contributed by atoms with Gasteiger partial charge in [-0.25, -0.2) is 4.79 Å². The smallest absolute Gasteiger partial charge is 0.417 e. The van der Waals surface area contributed by atoms with Crippen LogP contribution in [0.15, 0.2) is 42.5 Å². The van der Waals surface area contributed by atoms with Gasteiger partial charge >= 0.3 is 12.1 Å². The summed E-state index contributed by atoms with van der Waals surface area (Å²) in [4.78, 5) is 15.3. The first-order valence-electron chi connectivity index (χ1n) is 10.6. The Hall–Kier alpha value is -3.21. The van der Waals surface area contributed by atoms with Gasteiger partial charge in [-0.2, -0.15) is 18.4 Å². The molecular weight excluding hydrogens is 419 g/mol. The number of benzene rings is 2. The Bertz CT molecular complexity index is 1050. The molecule has 1 atom stereocenters. The molecule has 0 bridgehead atoms. The van der Waals surface area contributed by atoms with Gasteiger partial charge in [0, 0.05) is 37.1 Å². The minimum atomic E-state index is -4.57. The molecule has 8 heteroatoms. The molecule has 4 rings (SSSR count). The second kappa shape index (κ2) is 8.05. The molecule has 1 unspecified atom stereocenters. The quantitative estimate of drug-likeness (QED) is 0.710. The van der Waals surface area contributed by atoms with Crippen LogP contribution in [0.25, 0.3) is 0 Å². The van der Waals surface area contributed by atoms with E-state index in [0.29, 0.717) is 12.2 Å². The van der Waals surface area contributed by atoms with Crippen LogP contribution in [0.2, 0.25) is 0 Å². The topological polar surface area (TPSA) is 67.6 Å². The molecule has 32 heavy (non-hydrogen) atoms. The molecule has 1 spiro atoms. The third kappa shape index (κ3) is 4.12. The van der Waals surface area contributed by atoms with E-state index in [-0.39, 0.29) is 22.6 Å². The minimum Gasteiger partial charge on any atom is -0.478 e. The van der Waals surface area contributed by atoms with Gasteiger partial charge in [0.25, 0.3) is 0 Å². The third-order valence-corrected chi connectivity index (χ3v) is 6.83. The maximum Gasteiger partial charge on any atom is 0.417 e. The Morgan fingerprint density at radius 3 is 2.31 bits per heavy atom. The molecule has 2 aliphatic rings. The van der Waals surface area contributed by atoms with Gasteiger partial charge < -0.3 is 14.9 Å². The zero-order valence-electron chi connectivity index (χ0n) is 17.7. The zero-order chi connectivity index (χ0) is 23.1. The van der Waals surface area contributed by atoms with Gasteiger partial charge in [-0.1, -0.05) is 0 Å². The van der Waals surface area contributed by atoms with Crippen molar-refractivity contribution < 1.29 is 23.1 Å². The van der Waals surface area contributed by atoms with Crippen LogP contribution in [0, 0.1) is 16.7 Å². The van der Waals surface area contributed by atoms with E-state index < -0.39 is 17.7 Å². The van der Waals surface area contributed by atoms with Gasteiger partial charge in [0.1, 0.15) is 0 Å². The molecule has 2 heterocycles. The van der Waals surface area contributed by atoms with Gasteiger partial charge in [0.2, 0.25) is 0 Å². The highest BCUT2D eigenvalue weighted by molar-refractivity contribution is 5.88. The first kappa shape index (κ1) is 22.0. The number of nitrogens with zero attached hydrogens (tertiary/aromatic N) is 3. The number of carbonyl (C=O) groups is 1. The number of nitriles is 1. The zero-order valence-corrected chi connectivity index (χ0v) is 17.7. The predicted octanol–water partition coefficient (Wildman–Crippen LogP) is 5.16. The summed E-state index contributed by atoms with van der Waals surface area (Å²) in [6, 6.07) is 12.6. The molecule has 0 radical (unpaired) electrons. The maximum absolute atomic E-state index is 13.4. The summed E-state index contributed by atoms with van der Waals surface area (Å²) in [7, 11) is 0. The van der Waals surface area contributed by atoms with Gasteiger partial charge in [-0.05, 0) is 74.1 Å². The molecule has 2 aromatic carbocycles. The summed E-state index contributed by atoms with van der Waals surface area (Å²) in [5.74, 6) is -0.953. The summed E-state index contributed by atoms with van der Waals surface area (Å²) >= 11 is 0. The predicted molar refractivity (Wildman–Crippen MR) is 115 cm³/mol. The van der Waals surface area contributed by atoms with Crippen LogP contribution in [-0.4, -0.2) is 36.8 Å². The highest BCUT2D eigenvalue weighted by atomic mass is 19.4. The Labute approximate surface area is 184 Å². The molecule has 0 saturated carbocycles. The lowest BCUT2D eigenvalue weighted by Gasteiger charge is -2.40. The van der Waals surface area contributed by atoms with Crippen molar-refractivity contribution in [2.24, 2.45) is 5.41 Å². The van der Waals surface area contributed by atoms with Crippen molar-refractivity contribution in [1.82, 2.24) is 0 Å². The maximum atomic E-state index is 13.4. The SMILES string of the molecule is CC1CC2(CCN(c3ccc(C(=O)O)cc3)CC2)CN1c1ccc(C#N)c(C(F)(F)F)c1. The van der Waals surface area contributed by atoms with Crippen LogP contribution in [0.4, 0.5) is 24.5 Å². The second-order valence-electron chi connectivity index (χ2n) is 8.86. The van der Waals surface area contributed by atoms with E-state index >= 15 is 0 Å². The molecule has 5 nitrogen and oxygen atoms in total. The number of carboxylic acid groups (broad SMARTS) is 1. The van der Waals surface area contributed by atoms with Crippen LogP contribution in [0.1, 0.15) is 47.7 Å². The lowest BCUT2D eigenvalue weighted by Crippen LogP contribution is -2.41. The van der Waals surface area contributed by atoms with E-state index in [2.05, 4.69) is 4.90 Å². The van der Waals surface area contributed by atoms with Crippen LogP contribution in [0.3, 0.4) is 0 Å². The number of hydrogen-bond acceptors (Lipinski definition) is 4. The van der Waals surface area contributed by atoms with E-state index in [4.69, 9.17) is 10.4 Å². The minimum absolute atomic E-state index is 0.0310. The van der Waals surface area contributed by atoms with E-state index in [0.717, 1.165) is 44.1 Å². The Morgan fingerprint density at radius 2 is 1.75 bits per heavy atom. The molecule has 0 aliphatic carbocycles. The number of anilines is 2. The standard InChI is InChI=1S/C24H24F3N3O2/c1-16-13-23(8-10-29(11-9-23)19-5-2-17(3-6-19)22(31)32)15-30(16)20-7-4-18(14-28)21(12-20)24(25,26)27/h2-7,12,16H,8-11,13,15H2,1H3,(H,31,32). The van der Waals surface area contributed by atoms with Gasteiger partial charge in [-0.15, -0.1) is 0 Å². The fourth-order valence-corrected chi connectivity index (χ4v) is 5.12.